The van der Waals surface area contributed by atoms with Crippen molar-refractivity contribution >= 4 is 10.9 Å². The van der Waals surface area contributed by atoms with E-state index in [1.54, 1.807) is 18.2 Å². The van der Waals surface area contributed by atoms with Gasteiger partial charge in [0.05, 0.1) is 12.2 Å². The minimum absolute atomic E-state index is 0.0321. The number of hydrogen-bond donors (Lipinski definition) is 0. The Balaban J connectivity index is 1.46. The van der Waals surface area contributed by atoms with Crippen molar-refractivity contribution in [3.8, 4) is 11.1 Å². The highest BCUT2D eigenvalue weighted by molar-refractivity contribution is 5.79. The molecule has 0 fully saturated rings. The van der Waals surface area contributed by atoms with Crippen molar-refractivity contribution in [3.63, 3.8) is 0 Å². The van der Waals surface area contributed by atoms with Crippen LogP contribution >= 0.6 is 0 Å². The molecular formula is C32H29FN2O. The molecule has 0 aliphatic rings. The van der Waals surface area contributed by atoms with E-state index in [1.165, 1.54) is 28.8 Å². The number of pyridine rings is 1. The van der Waals surface area contributed by atoms with E-state index in [0.29, 0.717) is 19.8 Å². The largest absolute Gasteiger partial charge is 0.295 e. The summed E-state index contributed by atoms with van der Waals surface area (Å²) >= 11 is 0. The van der Waals surface area contributed by atoms with Crippen LogP contribution in [0.3, 0.4) is 0 Å². The molecule has 0 amide bonds. The van der Waals surface area contributed by atoms with Crippen LogP contribution in [0.4, 0.5) is 4.39 Å². The number of nitrogens with zero attached hydrogens (tertiary/aromatic N) is 2. The quantitative estimate of drug-likeness (QED) is 0.240. The molecule has 3 nitrogen and oxygen atoms in total. The van der Waals surface area contributed by atoms with Gasteiger partial charge in [-0.15, -0.1) is 0 Å². The number of aromatic nitrogens is 1. The Morgan fingerprint density at radius 2 is 1.31 bits per heavy atom. The summed E-state index contributed by atoms with van der Waals surface area (Å²) in [6, 6.07) is 35.3. The third-order valence-corrected chi connectivity index (χ3v) is 6.59. The lowest BCUT2D eigenvalue weighted by atomic mass is 10.0. The molecule has 4 heteroatoms. The normalized spacial score (nSPS) is 11.3. The summed E-state index contributed by atoms with van der Waals surface area (Å²) in [7, 11) is 0. The van der Waals surface area contributed by atoms with E-state index in [9.17, 15) is 9.18 Å². The lowest BCUT2D eigenvalue weighted by Gasteiger charge is -2.25. The Morgan fingerprint density at radius 3 is 1.97 bits per heavy atom. The number of halogens is 1. The Hall–Kier alpha value is -4.02. The zero-order chi connectivity index (χ0) is 24.9. The minimum Gasteiger partial charge on any atom is -0.295 e. The fraction of sp³-hybridized carbons (Fsp3) is 0.156. The lowest BCUT2D eigenvalue weighted by Crippen LogP contribution is -2.31. The summed E-state index contributed by atoms with van der Waals surface area (Å²) in [5, 5.41) is 1.06. The molecule has 0 unspecified atom stereocenters. The fourth-order valence-corrected chi connectivity index (χ4v) is 4.61. The van der Waals surface area contributed by atoms with Crippen LogP contribution in [0.25, 0.3) is 22.0 Å². The maximum Gasteiger partial charge on any atom is 0.252 e. The van der Waals surface area contributed by atoms with Gasteiger partial charge in [0.15, 0.2) is 0 Å². The third kappa shape index (κ3) is 5.45. The third-order valence-electron chi connectivity index (χ3n) is 6.59. The Kier molecular flexibility index (Phi) is 7.06. The van der Waals surface area contributed by atoms with Crippen molar-refractivity contribution in [2.24, 2.45) is 0 Å². The smallest absolute Gasteiger partial charge is 0.252 e. The number of aryl methyl sites for hydroxylation is 1. The Labute approximate surface area is 211 Å². The van der Waals surface area contributed by atoms with Crippen molar-refractivity contribution in [2.75, 3.05) is 0 Å². The molecule has 5 aromatic rings. The van der Waals surface area contributed by atoms with E-state index in [0.717, 1.165) is 28.5 Å². The van der Waals surface area contributed by atoms with Gasteiger partial charge in [0, 0.05) is 19.2 Å². The summed E-state index contributed by atoms with van der Waals surface area (Å²) in [6.45, 7) is 3.81. The molecule has 1 heterocycles. The van der Waals surface area contributed by atoms with E-state index in [1.807, 2.05) is 34.9 Å². The fourth-order valence-electron chi connectivity index (χ4n) is 4.61. The molecule has 0 atom stereocenters. The first-order valence-electron chi connectivity index (χ1n) is 12.3. The predicted molar refractivity (Wildman–Crippen MR) is 145 cm³/mol. The molecule has 0 saturated carbocycles. The molecule has 0 radical (unpaired) electrons. The van der Waals surface area contributed by atoms with E-state index in [4.69, 9.17) is 0 Å². The molecule has 5 rings (SSSR count). The average Bonchev–Trinajstić information content (AvgIpc) is 2.92. The van der Waals surface area contributed by atoms with Gasteiger partial charge in [-0.1, -0.05) is 79.7 Å². The highest BCUT2D eigenvalue weighted by atomic mass is 19.1. The van der Waals surface area contributed by atoms with Gasteiger partial charge in [-0.05, 0) is 70.0 Å². The van der Waals surface area contributed by atoms with Crippen molar-refractivity contribution < 1.29 is 4.39 Å². The predicted octanol–water partition coefficient (Wildman–Crippen LogP) is 7.03. The van der Waals surface area contributed by atoms with Gasteiger partial charge in [0.1, 0.15) is 5.82 Å². The summed E-state index contributed by atoms with van der Waals surface area (Å²) in [5.74, 6) is -0.251. The first kappa shape index (κ1) is 23.7. The molecule has 36 heavy (non-hydrogen) atoms. The molecule has 1 aromatic heterocycles. The Bertz CT molecular complexity index is 1510. The van der Waals surface area contributed by atoms with Crippen LogP contribution in [0, 0.1) is 5.82 Å². The van der Waals surface area contributed by atoms with Crippen LogP contribution in [0.2, 0.25) is 0 Å². The van der Waals surface area contributed by atoms with Gasteiger partial charge in [0.2, 0.25) is 0 Å². The molecule has 0 aliphatic carbocycles. The Morgan fingerprint density at radius 1 is 0.694 bits per heavy atom. The molecule has 180 valence electrons. The molecule has 4 aromatic carbocycles. The minimum atomic E-state index is -0.251. The number of fused-ring (bicyclic) bond motifs is 1. The first-order valence-corrected chi connectivity index (χ1v) is 12.3. The second kappa shape index (κ2) is 10.7. The molecule has 0 N–H and O–H groups in total. The van der Waals surface area contributed by atoms with Crippen LogP contribution in [-0.4, -0.2) is 9.47 Å². The van der Waals surface area contributed by atoms with Crippen LogP contribution < -0.4 is 5.56 Å². The summed E-state index contributed by atoms with van der Waals surface area (Å²) in [4.78, 5) is 15.2. The highest BCUT2D eigenvalue weighted by Gasteiger charge is 2.12. The standard InChI is InChI=1S/C32H29FN2O/c1-2-24-12-18-31-29(20-24)15-19-32(36)35(31)23-34(22-26-10-16-30(33)17-11-26)21-25-8-13-28(14-9-25)27-6-4-3-5-7-27/h3-20H,2,21-23H2,1H3. The maximum absolute atomic E-state index is 13.5. The summed E-state index contributed by atoms with van der Waals surface area (Å²) < 4.78 is 15.4. The van der Waals surface area contributed by atoms with Crippen LogP contribution in [0.15, 0.2) is 114 Å². The topological polar surface area (TPSA) is 25.2 Å². The lowest BCUT2D eigenvalue weighted by molar-refractivity contribution is 0.201. The molecule has 0 bridgehead atoms. The molecule has 0 spiro atoms. The van der Waals surface area contributed by atoms with E-state index in [2.05, 4.69) is 60.4 Å². The van der Waals surface area contributed by atoms with Gasteiger partial charge in [-0.25, -0.2) is 4.39 Å². The average molecular weight is 477 g/mol. The zero-order valence-electron chi connectivity index (χ0n) is 20.4. The van der Waals surface area contributed by atoms with Crippen LogP contribution in [0.1, 0.15) is 23.6 Å². The van der Waals surface area contributed by atoms with Gasteiger partial charge >= 0.3 is 0 Å². The molecule has 0 saturated heterocycles. The van der Waals surface area contributed by atoms with Crippen molar-refractivity contribution in [1.29, 1.82) is 0 Å². The van der Waals surface area contributed by atoms with Gasteiger partial charge in [-0.3, -0.25) is 14.3 Å². The molecule has 0 aliphatic heterocycles. The zero-order valence-corrected chi connectivity index (χ0v) is 20.4. The number of hydrogen-bond acceptors (Lipinski definition) is 2. The van der Waals surface area contributed by atoms with Crippen LogP contribution in [-0.2, 0) is 26.2 Å². The monoisotopic (exact) mass is 476 g/mol. The van der Waals surface area contributed by atoms with Gasteiger partial charge < -0.3 is 0 Å². The van der Waals surface area contributed by atoms with Gasteiger partial charge in [0.25, 0.3) is 5.56 Å². The first-order chi connectivity index (χ1) is 17.6. The van der Waals surface area contributed by atoms with Crippen molar-refractivity contribution in [3.05, 3.63) is 142 Å². The molecular weight excluding hydrogens is 447 g/mol. The second-order valence-corrected chi connectivity index (χ2v) is 9.16. The number of rotatable bonds is 8. The SMILES string of the molecule is CCc1ccc2c(ccc(=O)n2CN(Cc2ccc(F)cc2)Cc2ccc(-c3ccccc3)cc2)c1. The summed E-state index contributed by atoms with van der Waals surface area (Å²) in [5.41, 5.74) is 6.63. The highest BCUT2D eigenvalue weighted by Crippen LogP contribution is 2.21. The summed E-state index contributed by atoms with van der Waals surface area (Å²) in [6.07, 6.45) is 0.949. The number of benzene rings is 4. The van der Waals surface area contributed by atoms with E-state index in [-0.39, 0.29) is 11.4 Å². The van der Waals surface area contributed by atoms with Crippen molar-refractivity contribution in [1.82, 2.24) is 9.47 Å². The second-order valence-electron chi connectivity index (χ2n) is 9.16. The maximum atomic E-state index is 13.5. The van der Waals surface area contributed by atoms with E-state index < -0.39 is 0 Å². The van der Waals surface area contributed by atoms with Gasteiger partial charge in [-0.2, -0.15) is 0 Å². The van der Waals surface area contributed by atoms with Crippen molar-refractivity contribution in [2.45, 2.75) is 33.1 Å². The van der Waals surface area contributed by atoms with Crippen LogP contribution in [0.5, 0.6) is 0 Å². The van der Waals surface area contributed by atoms with E-state index >= 15 is 0 Å².